The van der Waals surface area contributed by atoms with Crippen LogP contribution in [-0.2, 0) is 6.42 Å². The van der Waals surface area contributed by atoms with Gasteiger partial charge in [-0.1, -0.05) is 31.2 Å². The second kappa shape index (κ2) is 6.70. The molecule has 2 aromatic rings. The van der Waals surface area contributed by atoms with E-state index in [0.717, 1.165) is 23.1 Å². The molecular formula is C16H20O2. The molecule has 0 spiro atoms. The van der Waals surface area contributed by atoms with E-state index in [0.29, 0.717) is 11.5 Å². The molecule has 0 aliphatic carbocycles. The summed E-state index contributed by atoms with van der Waals surface area (Å²) in [6, 6.07) is 12.9. The Morgan fingerprint density at radius 2 is 1.44 bits per heavy atom. The number of aryl methyl sites for hydroxylation is 3. The highest BCUT2D eigenvalue weighted by Crippen LogP contribution is 2.15. The van der Waals surface area contributed by atoms with Crippen molar-refractivity contribution in [2.45, 2.75) is 27.2 Å². The van der Waals surface area contributed by atoms with Gasteiger partial charge in [0.1, 0.15) is 11.5 Å². The summed E-state index contributed by atoms with van der Waals surface area (Å²) in [7, 11) is 0. The molecule has 0 aromatic heterocycles. The third-order valence-electron chi connectivity index (χ3n) is 2.58. The monoisotopic (exact) mass is 244 g/mol. The zero-order valence-electron chi connectivity index (χ0n) is 11.1. The number of benzene rings is 2. The van der Waals surface area contributed by atoms with Crippen LogP contribution in [0.2, 0.25) is 0 Å². The van der Waals surface area contributed by atoms with E-state index in [1.807, 2.05) is 45.0 Å². The molecule has 0 atom stereocenters. The number of para-hydroxylation sites is 1. The predicted molar refractivity (Wildman–Crippen MR) is 75.1 cm³/mol. The van der Waals surface area contributed by atoms with Crippen LogP contribution in [0.5, 0.6) is 11.5 Å². The van der Waals surface area contributed by atoms with Crippen molar-refractivity contribution >= 4 is 0 Å². The van der Waals surface area contributed by atoms with Gasteiger partial charge in [0.25, 0.3) is 0 Å². The predicted octanol–water partition coefficient (Wildman–Crippen LogP) is 3.96. The first kappa shape index (κ1) is 14.1. The van der Waals surface area contributed by atoms with Crippen LogP contribution < -0.4 is 0 Å². The van der Waals surface area contributed by atoms with Gasteiger partial charge in [-0.15, -0.1) is 0 Å². The maximum atomic E-state index is 9.11. The molecule has 0 heterocycles. The van der Waals surface area contributed by atoms with Crippen molar-refractivity contribution in [1.82, 2.24) is 0 Å². The summed E-state index contributed by atoms with van der Waals surface area (Å²) in [5.74, 6) is 0.757. The summed E-state index contributed by atoms with van der Waals surface area (Å²) >= 11 is 0. The lowest BCUT2D eigenvalue weighted by Crippen LogP contribution is -1.77. The van der Waals surface area contributed by atoms with Crippen LogP contribution in [0.25, 0.3) is 0 Å². The van der Waals surface area contributed by atoms with E-state index < -0.39 is 0 Å². The minimum atomic E-state index is 0.354. The second-order valence-corrected chi connectivity index (χ2v) is 4.33. The minimum Gasteiger partial charge on any atom is -0.508 e. The van der Waals surface area contributed by atoms with Gasteiger partial charge in [0.2, 0.25) is 0 Å². The molecule has 2 heteroatoms. The molecule has 0 amide bonds. The quantitative estimate of drug-likeness (QED) is 0.797. The first-order chi connectivity index (χ1) is 8.52. The minimum absolute atomic E-state index is 0.354. The number of hydrogen-bond donors (Lipinski definition) is 2. The lowest BCUT2D eigenvalue weighted by molar-refractivity contribution is 0.469. The highest BCUT2D eigenvalue weighted by molar-refractivity contribution is 5.32. The molecule has 0 aliphatic rings. The summed E-state index contributed by atoms with van der Waals surface area (Å²) in [6.45, 7) is 5.95. The Morgan fingerprint density at radius 3 is 1.83 bits per heavy atom. The van der Waals surface area contributed by atoms with Crippen LogP contribution in [0, 0.1) is 13.8 Å². The van der Waals surface area contributed by atoms with Crippen LogP contribution in [0.1, 0.15) is 23.6 Å². The smallest absolute Gasteiger partial charge is 0.118 e. The normalized spacial score (nSPS) is 9.50. The van der Waals surface area contributed by atoms with Gasteiger partial charge in [-0.3, -0.25) is 0 Å². The van der Waals surface area contributed by atoms with E-state index in [2.05, 4.69) is 0 Å². The van der Waals surface area contributed by atoms with Gasteiger partial charge in [-0.25, -0.2) is 0 Å². The fourth-order valence-corrected chi connectivity index (χ4v) is 1.76. The van der Waals surface area contributed by atoms with Gasteiger partial charge in [-0.05, 0) is 55.2 Å². The molecule has 2 rings (SSSR count). The molecule has 0 radical (unpaired) electrons. The molecule has 0 saturated carbocycles. The molecule has 0 saturated heterocycles. The van der Waals surface area contributed by atoms with E-state index in [9.17, 15) is 0 Å². The first-order valence-electron chi connectivity index (χ1n) is 6.07. The summed E-state index contributed by atoms with van der Waals surface area (Å²) in [4.78, 5) is 0. The van der Waals surface area contributed by atoms with E-state index in [1.54, 1.807) is 18.2 Å². The first-order valence-corrected chi connectivity index (χ1v) is 6.07. The fraction of sp³-hybridized carbons (Fsp3) is 0.250. The van der Waals surface area contributed by atoms with Crippen molar-refractivity contribution in [3.05, 3.63) is 59.2 Å². The van der Waals surface area contributed by atoms with Crippen LogP contribution in [0.15, 0.2) is 42.5 Å². The van der Waals surface area contributed by atoms with Gasteiger partial charge >= 0.3 is 0 Å². The number of hydrogen-bond acceptors (Lipinski definition) is 2. The van der Waals surface area contributed by atoms with Gasteiger partial charge < -0.3 is 10.2 Å². The highest BCUT2D eigenvalue weighted by atomic mass is 16.3. The zero-order chi connectivity index (χ0) is 13.5. The fourth-order valence-electron chi connectivity index (χ4n) is 1.76. The lowest BCUT2D eigenvalue weighted by Gasteiger charge is -1.97. The average molecular weight is 244 g/mol. The molecule has 0 unspecified atom stereocenters. The van der Waals surface area contributed by atoms with Crippen LogP contribution >= 0.6 is 0 Å². The Balaban J connectivity index is 0.000000180. The van der Waals surface area contributed by atoms with E-state index in [4.69, 9.17) is 10.2 Å². The molecule has 0 bridgehead atoms. The third-order valence-corrected chi connectivity index (χ3v) is 2.58. The van der Waals surface area contributed by atoms with Gasteiger partial charge in [0, 0.05) is 0 Å². The summed E-state index contributed by atoms with van der Waals surface area (Å²) in [6.07, 6.45) is 0.896. The Morgan fingerprint density at radius 1 is 0.889 bits per heavy atom. The molecule has 96 valence electrons. The Labute approximate surface area is 109 Å². The van der Waals surface area contributed by atoms with E-state index >= 15 is 0 Å². The van der Waals surface area contributed by atoms with Crippen LogP contribution in [0.4, 0.5) is 0 Å². The molecule has 2 aromatic carbocycles. The number of aromatic hydroxyl groups is 2. The average Bonchev–Trinajstić information content (AvgIpc) is 2.28. The van der Waals surface area contributed by atoms with Crippen molar-refractivity contribution in [1.29, 1.82) is 0 Å². The van der Waals surface area contributed by atoms with Gasteiger partial charge in [-0.2, -0.15) is 0 Å². The largest absolute Gasteiger partial charge is 0.508 e. The summed E-state index contributed by atoms with van der Waals surface area (Å²) in [5.41, 5.74) is 3.22. The maximum absolute atomic E-state index is 9.11. The SMILES string of the molecule is CCc1ccccc1O.Cc1cc(C)cc(O)c1. The maximum Gasteiger partial charge on any atom is 0.118 e. The highest BCUT2D eigenvalue weighted by Gasteiger charge is 1.92. The summed E-state index contributed by atoms with van der Waals surface area (Å²) < 4.78 is 0. The van der Waals surface area contributed by atoms with Crippen LogP contribution in [-0.4, -0.2) is 10.2 Å². The van der Waals surface area contributed by atoms with E-state index in [-0.39, 0.29) is 0 Å². The Kier molecular flexibility index (Phi) is 5.25. The standard InChI is InChI=1S/2C8H10O/c1-6-3-7(2)5-8(9)4-6;1-2-7-5-3-4-6-8(7)9/h3-5,9H,1-2H3;3-6,9H,2H2,1H3. The van der Waals surface area contributed by atoms with Crippen molar-refractivity contribution < 1.29 is 10.2 Å². The molecule has 18 heavy (non-hydrogen) atoms. The Hall–Kier alpha value is -1.96. The van der Waals surface area contributed by atoms with E-state index in [1.165, 1.54) is 0 Å². The molecule has 2 N–H and O–H groups in total. The van der Waals surface area contributed by atoms with Gasteiger partial charge in [0.15, 0.2) is 0 Å². The number of phenolic OH excluding ortho intramolecular Hbond substituents is 2. The topological polar surface area (TPSA) is 40.5 Å². The molecule has 0 fully saturated rings. The lowest BCUT2D eigenvalue weighted by atomic mass is 10.1. The van der Waals surface area contributed by atoms with Crippen molar-refractivity contribution in [3.63, 3.8) is 0 Å². The second-order valence-electron chi connectivity index (χ2n) is 4.33. The van der Waals surface area contributed by atoms with Crippen LogP contribution in [0.3, 0.4) is 0 Å². The molecule has 2 nitrogen and oxygen atoms in total. The molecule has 0 aliphatic heterocycles. The Bertz CT molecular complexity index is 454. The third kappa shape index (κ3) is 4.50. The van der Waals surface area contributed by atoms with Gasteiger partial charge in [0.05, 0.1) is 0 Å². The molecular weight excluding hydrogens is 224 g/mol. The number of phenols is 2. The zero-order valence-corrected chi connectivity index (χ0v) is 11.1. The summed E-state index contributed by atoms with van der Waals surface area (Å²) in [5, 5.41) is 18.1. The van der Waals surface area contributed by atoms with Crippen molar-refractivity contribution in [2.24, 2.45) is 0 Å². The van der Waals surface area contributed by atoms with Crippen molar-refractivity contribution in [3.8, 4) is 11.5 Å². The van der Waals surface area contributed by atoms with Crippen molar-refractivity contribution in [2.75, 3.05) is 0 Å². The number of rotatable bonds is 1.